The van der Waals surface area contributed by atoms with Crippen molar-refractivity contribution in [2.75, 3.05) is 45.2 Å². The fourth-order valence-electron chi connectivity index (χ4n) is 2.77. The van der Waals surface area contributed by atoms with Crippen molar-refractivity contribution in [3.63, 3.8) is 0 Å². The van der Waals surface area contributed by atoms with Gasteiger partial charge in [0.15, 0.2) is 0 Å². The second-order valence-corrected chi connectivity index (χ2v) is 5.63. The molecule has 21 heavy (non-hydrogen) atoms. The zero-order valence-corrected chi connectivity index (χ0v) is 13.1. The number of likely N-dealkylation sites (tertiary alicyclic amines) is 1. The van der Waals surface area contributed by atoms with Gasteiger partial charge in [0.1, 0.15) is 5.82 Å². The van der Waals surface area contributed by atoms with E-state index in [2.05, 4.69) is 20.1 Å². The Kier molecular flexibility index (Phi) is 5.99. The quantitative estimate of drug-likeness (QED) is 0.897. The van der Waals surface area contributed by atoms with Crippen LogP contribution in [-0.2, 0) is 0 Å². The molecule has 5 heteroatoms. The Morgan fingerprint density at radius 2 is 2.05 bits per heavy atom. The number of likely N-dealkylation sites (N-methyl/N-ethyl adjacent to an activating group) is 1. The van der Waals surface area contributed by atoms with Gasteiger partial charge < -0.3 is 15.1 Å². The SMILES string of the molecule is CNC(=O)c1cccnc1N(C)CCN1CCCCCC1. The third kappa shape index (κ3) is 4.43. The summed E-state index contributed by atoms with van der Waals surface area (Å²) in [5.41, 5.74) is 0.637. The second kappa shape index (κ2) is 7.98. The molecule has 0 aromatic carbocycles. The van der Waals surface area contributed by atoms with Crippen LogP contribution in [0.5, 0.6) is 0 Å². The zero-order chi connectivity index (χ0) is 15.1. The van der Waals surface area contributed by atoms with Crippen LogP contribution in [0.1, 0.15) is 36.0 Å². The summed E-state index contributed by atoms with van der Waals surface area (Å²) in [4.78, 5) is 20.9. The van der Waals surface area contributed by atoms with Gasteiger partial charge in [0.2, 0.25) is 0 Å². The van der Waals surface area contributed by atoms with Crippen LogP contribution in [0.4, 0.5) is 5.82 Å². The maximum atomic E-state index is 11.9. The Hall–Kier alpha value is -1.62. The lowest BCUT2D eigenvalue weighted by molar-refractivity contribution is 0.0963. The summed E-state index contributed by atoms with van der Waals surface area (Å²) >= 11 is 0. The highest BCUT2D eigenvalue weighted by atomic mass is 16.1. The summed E-state index contributed by atoms with van der Waals surface area (Å²) in [6.07, 6.45) is 7.05. The third-order valence-corrected chi connectivity index (χ3v) is 4.07. The Bertz CT molecular complexity index is 455. The lowest BCUT2D eigenvalue weighted by atomic mass is 10.2. The van der Waals surface area contributed by atoms with Crippen molar-refractivity contribution in [3.05, 3.63) is 23.9 Å². The van der Waals surface area contributed by atoms with Crippen LogP contribution < -0.4 is 10.2 Å². The maximum absolute atomic E-state index is 11.9. The first-order chi connectivity index (χ1) is 10.2. The van der Waals surface area contributed by atoms with E-state index in [0.717, 1.165) is 18.9 Å². The minimum atomic E-state index is -0.0836. The van der Waals surface area contributed by atoms with E-state index in [-0.39, 0.29) is 5.91 Å². The molecule has 2 rings (SSSR count). The molecule has 1 N–H and O–H groups in total. The molecule has 1 amide bonds. The number of nitrogens with one attached hydrogen (secondary N) is 1. The molecule has 0 radical (unpaired) electrons. The van der Waals surface area contributed by atoms with E-state index < -0.39 is 0 Å². The monoisotopic (exact) mass is 290 g/mol. The molecule has 2 heterocycles. The molecule has 1 aliphatic rings. The van der Waals surface area contributed by atoms with Crippen molar-refractivity contribution >= 4 is 11.7 Å². The van der Waals surface area contributed by atoms with E-state index in [1.54, 1.807) is 19.3 Å². The molecular weight excluding hydrogens is 264 g/mol. The van der Waals surface area contributed by atoms with Crippen LogP contribution in [0.15, 0.2) is 18.3 Å². The van der Waals surface area contributed by atoms with Gasteiger partial charge in [-0.2, -0.15) is 0 Å². The number of carbonyl (C=O) groups is 1. The molecule has 1 aromatic heterocycles. The van der Waals surface area contributed by atoms with Crippen LogP contribution in [0, 0.1) is 0 Å². The van der Waals surface area contributed by atoms with Crippen molar-refractivity contribution in [1.82, 2.24) is 15.2 Å². The molecule has 0 unspecified atom stereocenters. The van der Waals surface area contributed by atoms with Gasteiger partial charge in [0.25, 0.3) is 5.91 Å². The highest BCUT2D eigenvalue weighted by Gasteiger charge is 2.15. The summed E-state index contributed by atoms with van der Waals surface area (Å²) in [6.45, 7) is 4.30. The molecule has 1 saturated heterocycles. The summed E-state index contributed by atoms with van der Waals surface area (Å²) in [6, 6.07) is 3.63. The molecule has 116 valence electrons. The molecule has 0 atom stereocenters. The molecule has 0 bridgehead atoms. The van der Waals surface area contributed by atoms with Crippen molar-refractivity contribution < 1.29 is 4.79 Å². The molecule has 1 aliphatic heterocycles. The van der Waals surface area contributed by atoms with E-state index in [0.29, 0.717) is 5.56 Å². The number of carbonyl (C=O) groups excluding carboxylic acids is 1. The lowest BCUT2D eigenvalue weighted by Gasteiger charge is -2.25. The van der Waals surface area contributed by atoms with Crippen molar-refractivity contribution in [2.45, 2.75) is 25.7 Å². The van der Waals surface area contributed by atoms with Crippen LogP contribution in [-0.4, -0.2) is 56.1 Å². The topological polar surface area (TPSA) is 48.5 Å². The van der Waals surface area contributed by atoms with Gasteiger partial charge in [-0.25, -0.2) is 4.98 Å². The van der Waals surface area contributed by atoms with Crippen molar-refractivity contribution in [3.8, 4) is 0 Å². The average molecular weight is 290 g/mol. The molecule has 0 spiro atoms. The van der Waals surface area contributed by atoms with Gasteiger partial charge in [0, 0.05) is 33.4 Å². The summed E-state index contributed by atoms with van der Waals surface area (Å²) in [7, 11) is 3.66. The van der Waals surface area contributed by atoms with Gasteiger partial charge in [-0.1, -0.05) is 12.8 Å². The highest BCUT2D eigenvalue weighted by molar-refractivity contribution is 5.98. The number of hydrogen-bond donors (Lipinski definition) is 1. The first-order valence-electron chi connectivity index (χ1n) is 7.83. The summed E-state index contributed by atoms with van der Waals surface area (Å²) in [5.74, 6) is 0.673. The smallest absolute Gasteiger partial charge is 0.254 e. The number of rotatable bonds is 5. The van der Waals surface area contributed by atoms with Crippen LogP contribution >= 0.6 is 0 Å². The summed E-state index contributed by atoms with van der Waals surface area (Å²) < 4.78 is 0. The first kappa shape index (κ1) is 15.8. The van der Waals surface area contributed by atoms with Gasteiger partial charge in [-0.05, 0) is 38.1 Å². The fourth-order valence-corrected chi connectivity index (χ4v) is 2.77. The number of nitrogens with zero attached hydrogens (tertiary/aromatic N) is 3. The van der Waals surface area contributed by atoms with Gasteiger partial charge in [-0.3, -0.25) is 4.79 Å². The first-order valence-corrected chi connectivity index (χ1v) is 7.83. The molecular formula is C16H26N4O. The maximum Gasteiger partial charge on any atom is 0.254 e. The zero-order valence-electron chi connectivity index (χ0n) is 13.1. The predicted molar refractivity (Wildman–Crippen MR) is 85.8 cm³/mol. The molecule has 0 aliphatic carbocycles. The second-order valence-electron chi connectivity index (χ2n) is 5.63. The number of pyridine rings is 1. The van der Waals surface area contributed by atoms with Crippen LogP contribution in [0.25, 0.3) is 0 Å². The Labute approximate surface area is 127 Å². The Balaban J connectivity index is 1.96. The largest absolute Gasteiger partial charge is 0.358 e. The van der Waals surface area contributed by atoms with E-state index in [4.69, 9.17) is 0 Å². The molecule has 1 aromatic rings. The predicted octanol–water partition coefficient (Wildman–Crippen LogP) is 1.75. The fraction of sp³-hybridized carbons (Fsp3) is 0.625. The third-order valence-electron chi connectivity index (χ3n) is 4.07. The van der Waals surface area contributed by atoms with Gasteiger partial charge >= 0.3 is 0 Å². The lowest BCUT2D eigenvalue weighted by Crippen LogP contribution is -2.35. The molecule has 0 saturated carbocycles. The van der Waals surface area contributed by atoms with Crippen LogP contribution in [0.2, 0.25) is 0 Å². The van der Waals surface area contributed by atoms with Crippen molar-refractivity contribution in [2.24, 2.45) is 0 Å². The molecule has 1 fully saturated rings. The molecule has 5 nitrogen and oxygen atoms in total. The normalized spacial score (nSPS) is 16.3. The number of aromatic nitrogens is 1. The number of amides is 1. The summed E-state index contributed by atoms with van der Waals surface area (Å²) in [5, 5.41) is 2.67. The average Bonchev–Trinajstić information content (AvgIpc) is 2.80. The minimum absolute atomic E-state index is 0.0836. The van der Waals surface area contributed by atoms with E-state index in [1.807, 2.05) is 13.1 Å². The Morgan fingerprint density at radius 3 is 2.71 bits per heavy atom. The number of anilines is 1. The van der Waals surface area contributed by atoms with Crippen LogP contribution in [0.3, 0.4) is 0 Å². The minimum Gasteiger partial charge on any atom is -0.358 e. The standard InChI is InChI=1S/C16H26N4O/c1-17-16(21)14-8-7-9-18-15(14)19(2)12-13-20-10-5-3-4-6-11-20/h7-9H,3-6,10-13H2,1-2H3,(H,17,21). The van der Waals surface area contributed by atoms with E-state index >= 15 is 0 Å². The van der Waals surface area contributed by atoms with Gasteiger partial charge in [0.05, 0.1) is 5.56 Å². The van der Waals surface area contributed by atoms with Crippen molar-refractivity contribution in [1.29, 1.82) is 0 Å². The van der Waals surface area contributed by atoms with E-state index in [9.17, 15) is 4.79 Å². The number of hydrogen-bond acceptors (Lipinski definition) is 4. The van der Waals surface area contributed by atoms with E-state index in [1.165, 1.54) is 38.8 Å². The van der Waals surface area contributed by atoms with Gasteiger partial charge in [-0.15, -0.1) is 0 Å². The Morgan fingerprint density at radius 1 is 1.33 bits per heavy atom. The highest BCUT2D eigenvalue weighted by Crippen LogP contribution is 2.16.